The number of aromatic hydroxyl groups is 1. The van der Waals surface area contributed by atoms with E-state index in [0.717, 1.165) is 6.07 Å². The van der Waals surface area contributed by atoms with E-state index in [1.165, 1.54) is 0 Å². The van der Waals surface area contributed by atoms with Gasteiger partial charge in [0.05, 0.1) is 6.61 Å². The summed E-state index contributed by atoms with van der Waals surface area (Å²) in [5.74, 6) is -1.56. The zero-order valence-corrected chi connectivity index (χ0v) is 8.83. The van der Waals surface area contributed by atoms with E-state index >= 15 is 0 Å². The monoisotopic (exact) mass is 262 g/mol. The van der Waals surface area contributed by atoms with Crippen LogP contribution in [0.5, 0.6) is 5.75 Å². The lowest BCUT2D eigenvalue weighted by molar-refractivity contribution is 0.0484. The lowest BCUT2D eigenvalue weighted by Gasteiger charge is -2.01. The van der Waals surface area contributed by atoms with Crippen LogP contribution in [0.25, 0.3) is 0 Å². The van der Waals surface area contributed by atoms with Crippen molar-refractivity contribution in [2.45, 2.75) is 6.92 Å². The molecule has 0 aromatic carbocycles. The van der Waals surface area contributed by atoms with E-state index in [0.29, 0.717) is 0 Å². The Bertz CT molecular complexity index is 409. The maximum atomic E-state index is 11.1. The first kappa shape index (κ1) is 10.8. The molecule has 5 nitrogen and oxygen atoms in total. The number of hydrogen-bond acceptors (Lipinski definition) is 5. The van der Waals surface area contributed by atoms with Gasteiger partial charge in [-0.3, -0.25) is 4.79 Å². The molecule has 0 aliphatic heterocycles. The zero-order chi connectivity index (χ0) is 10.7. The second-order valence-corrected chi connectivity index (χ2v) is 3.04. The molecule has 0 saturated carbocycles. The van der Waals surface area contributed by atoms with Crippen molar-refractivity contribution < 1.29 is 19.1 Å². The van der Waals surface area contributed by atoms with Gasteiger partial charge in [-0.2, -0.15) is 0 Å². The normalized spacial score (nSPS) is 9.86. The van der Waals surface area contributed by atoms with Gasteiger partial charge in [-0.15, -0.1) is 0 Å². The number of ether oxygens (including phenoxy) is 1. The maximum Gasteiger partial charge on any atom is 0.374 e. The van der Waals surface area contributed by atoms with Crippen LogP contribution in [-0.4, -0.2) is 17.7 Å². The van der Waals surface area contributed by atoms with E-state index < -0.39 is 17.1 Å². The smallest absolute Gasteiger partial charge is 0.374 e. The van der Waals surface area contributed by atoms with Gasteiger partial charge in [0.1, 0.15) is 0 Å². The summed E-state index contributed by atoms with van der Waals surface area (Å²) in [5.41, 5.74) is -0.703. The van der Waals surface area contributed by atoms with Gasteiger partial charge in [-0.25, -0.2) is 4.79 Å². The van der Waals surface area contributed by atoms with Gasteiger partial charge in [0.15, 0.2) is 0 Å². The van der Waals surface area contributed by atoms with Crippen LogP contribution in [0.2, 0.25) is 0 Å². The molecule has 0 aliphatic rings. The van der Waals surface area contributed by atoms with E-state index in [-0.39, 0.29) is 17.0 Å². The summed E-state index contributed by atoms with van der Waals surface area (Å²) >= 11 is 2.79. The van der Waals surface area contributed by atoms with Crippen LogP contribution in [-0.2, 0) is 4.74 Å². The summed E-state index contributed by atoms with van der Waals surface area (Å²) in [4.78, 5) is 22.1. The molecule has 0 fully saturated rings. The van der Waals surface area contributed by atoms with Crippen molar-refractivity contribution in [2.24, 2.45) is 0 Å². The summed E-state index contributed by atoms with van der Waals surface area (Å²) in [5, 5.41) is 9.04. The summed E-state index contributed by atoms with van der Waals surface area (Å²) < 4.78 is 9.21. The quantitative estimate of drug-likeness (QED) is 0.813. The fraction of sp³-hybridized carbons (Fsp3) is 0.250. The van der Waals surface area contributed by atoms with Crippen molar-refractivity contribution in [2.75, 3.05) is 6.61 Å². The maximum absolute atomic E-state index is 11.1. The van der Waals surface area contributed by atoms with Crippen LogP contribution in [0, 0.1) is 0 Å². The van der Waals surface area contributed by atoms with Gasteiger partial charge in [0, 0.05) is 6.07 Å². The second-order valence-electron chi connectivity index (χ2n) is 2.32. The van der Waals surface area contributed by atoms with Gasteiger partial charge in [-0.1, -0.05) is 0 Å². The first-order valence-electron chi connectivity index (χ1n) is 3.76. The highest BCUT2D eigenvalue weighted by Gasteiger charge is 2.15. The molecule has 0 saturated heterocycles. The molecule has 0 aliphatic carbocycles. The number of carbonyl (C=O) groups is 1. The van der Waals surface area contributed by atoms with E-state index in [1.807, 2.05) is 0 Å². The largest absolute Gasteiger partial charge is 0.501 e. The topological polar surface area (TPSA) is 76.7 Å². The second kappa shape index (κ2) is 4.28. The Balaban J connectivity index is 3.13. The predicted octanol–water partition coefficient (Wildman–Crippen LogP) is 1.28. The number of carbonyl (C=O) groups excluding carboxylic acids is 1. The molecule has 1 aromatic rings. The van der Waals surface area contributed by atoms with Gasteiger partial charge in [-0.05, 0) is 22.9 Å². The van der Waals surface area contributed by atoms with Gasteiger partial charge in [0.25, 0.3) is 0 Å². The number of esters is 1. The molecule has 76 valence electrons. The average Bonchev–Trinajstić information content (AvgIpc) is 2.13. The summed E-state index contributed by atoms with van der Waals surface area (Å²) in [6.45, 7) is 1.81. The molecule has 0 unspecified atom stereocenters. The Morgan fingerprint density at radius 2 is 2.36 bits per heavy atom. The van der Waals surface area contributed by atoms with Crippen molar-refractivity contribution in [3.63, 3.8) is 0 Å². The van der Waals surface area contributed by atoms with Gasteiger partial charge in [0.2, 0.25) is 21.6 Å². The van der Waals surface area contributed by atoms with E-state index in [4.69, 9.17) is 9.52 Å². The Morgan fingerprint density at radius 3 is 2.86 bits per heavy atom. The molecule has 6 heteroatoms. The van der Waals surface area contributed by atoms with Gasteiger partial charge >= 0.3 is 5.97 Å². The third-order valence-electron chi connectivity index (χ3n) is 1.36. The van der Waals surface area contributed by atoms with E-state index in [9.17, 15) is 9.59 Å². The number of halogens is 1. The zero-order valence-electron chi connectivity index (χ0n) is 7.24. The Hall–Kier alpha value is -1.30. The van der Waals surface area contributed by atoms with Crippen molar-refractivity contribution in [1.29, 1.82) is 0 Å². The van der Waals surface area contributed by atoms with E-state index in [2.05, 4.69) is 20.7 Å². The summed E-state index contributed by atoms with van der Waals surface area (Å²) in [6, 6.07) is 0.873. The molecule has 0 bridgehead atoms. The van der Waals surface area contributed by atoms with Crippen LogP contribution in [0.3, 0.4) is 0 Å². The molecule has 1 rings (SSSR count). The summed E-state index contributed by atoms with van der Waals surface area (Å²) in [6.07, 6.45) is 0. The predicted molar refractivity (Wildman–Crippen MR) is 50.3 cm³/mol. The van der Waals surface area contributed by atoms with Crippen molar-refractivity contribution >= 4 is 21.9 Å². The molecule has 0 spiro atoms. The first-order valence-corrected chi connectivity index (χ1v) is 4.55. The van der Waals surface area contributed by atoms with Crippen LogP contribution in [0.15, 0.2) is 19.9 Å². The van der Waals surface area contributed by atoms with E-state index in [1.54, 1.807) is 6.92 Å². The highest BCUT2D eigenvalue weighted by atomic mass is 79.9. The lowest BCUT2D eigenvalue weighted by atomic mass is 10.4. The molecule has 1 aromatic heterocycles. The van der Waals surface area contributed by atoms with Crippen LogP contribution in [0.4, 0.5) is 0 Å². The Morgan fingerprint density at radius 1 is 1.71 bits per heavy atom. The Labute approximate surface area is 87.4 Å². The highest BCUT2D eigenvalue weighted by Crippen LogP contribution is 2.20. The molecular formula is C8H7BrO5. The lowest BCUT2D eigenvalue weighted by Crippen LogP contribution is -2.09. The SMILES string of the molecule is CCOC(=O)c1cc(=O)c(O)c(Br)o1. The minimum atomic E-state index is -0.745. The standard InChI is InChI=1S/C8H7BrO5/c1-2-13-8(12)5-3-4(10)6(11)7(9)14-5/h3,11H,2H2,1H3. The minimum absolute atomic E-state index is 0.182. The first-order chi connectivity index (χ1) is 6.56. The van der Waals surface area contributed by atoms with Crippen molar-refractivity contribution in [3.05, 3.63) is 26.7 Å². The van der Waals surface area contributed by atoms with Crippen molar-refractivity contribution in [3.8, 4) is 5.75 Å². The minimum Gasteiger partial charge on any atom is -0.501 e. The van der Waals surface area contributed by atoms with Crippen LogP contribution in [0.1, 0.15) is 17.5 Å². The molecule has 14 heavy (non-hydrogen) atoms. The fourth-order valence-corrected chi connectivity index (χ4v) is 1.13. The van der Waals surface area contributed by atoms with Crippen LogP contribution >= 0.6 is 15.9 Å². The highest BCUT2D eigenvalue weighted by molar-refractivity contribution is 9.10. The number of rotatable bonds is 2. The third-order valence-corrected chi connectivity index (χ3v) is 1.90. The number of hydrogen-bond donors (Lipinski definition) is 1. The molecule has 0 amide bonds. The molecule has 0 radical (unpaired) electrons. The molecular weight excluding hydrogens is 256 g/mol. The van der Waals surface area contributed by atoms with Crippen molar-refractivity contribution in [1.82, 2.24) is 0 Å². The molecule has 0 atom stereocenters. The third kappa shape index (κ3) is 2.14. The fourth-order valence-electron chi connectivity index (χ4n) is 0.761. The Kier molecular flexibility index (Phi) is 3.29. The molecule has 1 N–H and O–H groups in total. The molecule has 1 heterocycles. The summed E-state index contributed by atoms with van der Waals surface area (Å²) in [7, 11) is 0. The average molecular weight is 263 g/mol. The van der Waals surface area contributed by atoms with Gasteiger partial charge < -0.3 is 14.3 Å². The van der Waals surface area contributed by atoms with Crippen LogP contribution < -0.4 is 5.43 Å².